The summed E-state index contributed by atoms with van der Waals surface area (Å²) >= 11 is 9.55. The third kappa shape index (κ3) is 3.42. The van der Waals surface area contributed by atoms with Crippen LogP contribution in [0.25, 0.3) is 0 Å². The van der Waals surface area contributed by atoms with Crippen molar-refractivity contribution in [2.75, 3.05) is 0 Å². The van der Waals surface area contributed by atoms with Crippen LogP contribution >= 0.6 is 38.2 Å². The SMILES string of the molecule is Cc1c(Br)cc(S(=O)(=O)Cl)c(F)c1C(Cl)c1ccccc1. The molecule has 2 rings (SSSR count). The van der Waals surface area contributed by atoms with E-state index in [2.05, 4.69) is 15.9 Å². The fourth-order valence-electron chi connectivity index (χ4n) is 1.98. The summed E-state index contributed by atoms with van der Waals surface area (Å²) in [5.41, 5.74) is 1.29. The first kappa shape index (κ1) is 16.7. The lowest BCUT2D eigenvalue weighted by atomic mass is 9.99. The Kier molecular flexibility index (Phi) is 4.98. The molecule has 7 heteroatoms. The van der Waals surface area contributed by atoms with Gasteiger partial charge < -0.3 is 0 Å². The van der Waals surface area contributed by atoms with E-state index in [0.717, 1.165) is 6.07 Å². The van der Waals surface area contributed by atoms with Gasteiger partial charge in [0, 0.05) is 20.7 Å². The standard InChI is InChI=1S/C14H10BrCl2FO2S/c1-8-10(15)7-11(21(17,19)20)14(18)12(8)13(16)9-5-3-2-4-6-9/h2-7,13H,1H3. The zero-order chi connectivity index (χ0) is 15.8. The highest BCUT2D eigenvalue weighted by molar-refractivity contribution is 9.10. The van der Waals surface area contributed by atoms with Crippen molar-refractivity contribution < 1.29 is 12.8 Å². The van der Waals surface area contributed by atoms with Crippen molar-refractivity contribution in [3.63, 3.8) is 0 Å². The second-order valence-electron chi connectivity index (χ2n) is 4.42. The van der Waals surface area contributed by atoms with Crippen molar-refractivity contribution in [3.05, 3.63) is 63.4 Å². The molecule has 0 N–H and O–H groups in total. The van der Waals surface area contributed by atoms with E-state index in [-0.39, 0.29) is 5.56 Å². The first-order valence-electron chi connectivity index (χ1n) is 5.85. The number of benzene rings is 2. The van der Waals surface area contributed by atoms with Crippen LogP contribution in [-0.4, -0.2) is 8.42 Å². The molecule has 0 aliphatic rings. The number of hydrogen-bond donors (Lipinski definition) is 0. The van der Waals surface area contributed by atoms with Crippen LogP contribution in [-0.2, 0) is 9.05 Å². The minimum atomic E-state index is -4.20. The van der Waals surface area contributed by atoms with Crippen molar-refractivity contribution in [3.8, 4) is 0 Å². The summed E-state index contributed by atoms with van der Waals surface area (Å²) in [5, 5.41) is -0.819. The average molecular weight is 412 g/mol. The van der Waals surface area contributed by atoms with Crippen LogP contribution in [0.1, 0.15) is 22.1 Å². The zero-order valence-corrected chi connectivity index (χ0v) is 14.7. The third-order valence-corrected chi connectivity index (χ3v) is 5.70. The van der Waals surface area contributed by atoms with Gasteiger partial charge in [0.05, 0.1) is 5.38 Å². The Labute approximate surface area is 140 Å². The Morgan fingerprint density at radius 1 is 1.24 bits per heavy atom. The Balaban J connectivity index is 2.72. The van der Waals surface area contributed by atoms with Crippen molar-refractivity contribution in [2.24, 2.45) is 0 Å². The maximum Gasteiger partial charge on any atom is 0.264 e. The molecule has 0 spiro atoms. The Bertz CT molecular complexity index is 779. The molecule has 0 saturated carbocycles. The van der Waals surface area contributed by atoms with E-state index >= 15 is 0 Å². The molecule has 0 amide bonds. The monoisotopic (exact) mass is 410 g/mol. The molecular formula is C14H10BrCl2FO2S. The number of alkyl halides is 1. The smallest absolute Gasteiger partial charge is 0.207 e. The van der Waals surface area contributed by atoms with E-state index in [1.807, 2.05) is 6.07 Å². The van der Waals surface area contributed by atoms with Gasteiger partial charge in [0.25, 0.3) is 9.05 Å². The molecule has 0 aliphatic heterocycles. The quantitative estimate of drug-likeness (QED) is 0.516. The highest BCUT2D eigenvalue weighted by Gasteiger charge is 2.27. The highest BCUT2D eigenvalue weighted by Crippen LogP contribution is 2.39. The zero-order valence-electron chi connectivity index (χ0n) is 10.8. The first-order chi connectivity index (χ1) is 9.73. The molecule has 0 aromatic heterocycles. The van der Waals surface area contributed by atoms with Gasteiger partial charge in [-0.2, -0.15) is 0 Å². The van der Waals surface area contributed by atoms with Crippen LogP contribution in [0.2, 0.25) is 0 Å². The normalized spacial score (nSPS) is 13.2. The lowest BCUT2D eigenvalue weighted by Gasteiger charge is -2.17. The summed E-state index contributed by atoms with van der Waals surface area (Å²) in [5.74, 6) is -0.922. The molecule has 0 aliphatic carbocycles. The summed E-state index contributed by atoms with van der Waals surface area (Å²) in [6.07, 6.45) is 0. The van der Waals surface area contributed by atoms with E-state index < -0.39 is 25.1 Å². The summed E-state index contributed by atoms with van der Waals surface area (Å²) in [6.45, 7) is 1.66. The van der Waals surface area contributed by atoms with Crippen molar-refractivity contribution in [1.82, 2.24) is 0 Å². The van der Waals surface area contributed by atoms with Gasteiger partial charge in [-0.3, -0.25) is 0 Å². The van der Waals surface area contributed by atoms with Crippen LogP contribution in [0.5, 0.6) is 0 Å². The van der Waals surface area contributed by atoms with Crippen LogP contribution in [0.4, 0.5) is 4.39 Å². The van der Waals surface area contributed by atoms with Gasteiger partial charge >= 0.3 is 0 Å². The summed E-state index contributed by atoms with van der Waals surface area (Å²) in [7, 11) is 1.08. The molecule has 21 heavy (non-hydrogen) atoms. The largest absolute Gasteiger partial charge is 0.264 e. The Morgan fingerprint density at radius 2 is 1.81 bits per heavy atom. The molecule has 0 heterocycles. The molecule has 2 aromatic rings. The topological polar surface area (TPSA) is 34.1 Å². The molecule has 0 radical (unpaired) electrons. The van der Waals surface area contributed by atoms with Gasteiger partial charge in [0.1, 0.15) is 10.7 Å². The van der Waals surface area contributed by atoms with E-state index in [1.165, 1.54) is 0 Å². The van der Waals surface area contributed by atoms with Crippen LogP contribution in [0, 0.1) is 12.7 Å². The molecule has 2 aromatic carbocycles. The maximum atomic E-state index is 14.6. The Hall–Kier alpha value is -0.620. The first-order valence-corrected chi connectivity index (χ1v) is 9.39. The number of halogens is 4. The molecular weight excluding hydrogens is 402 g/mol. The van der Waals surface area contributed by atoms with Gasteiger partial charge in [0.2, 0.25) is 0 Å². The molecule has 2 nitrogen and oxygen atoms in total. The van der Waals surface area contributed by atoms with E-state index in [4.69, 9.17) is 22.3 Å². The fourth-order valence-corrected chi connectivity index (χ4v) is 3.90. The molecule has 112 valence electrons. The Morgan fingerprint density at radius 3 is 2.33 bits per heavy atom. The van der Waals surface area contributed by atoms with E-state index in [1.54, 1.807) is 31.2 Å². The molecule has 0 saturated heterocycles. The summed E-state index contributed by atoms with van der Waals surface area (Å²) in [4.78, 5) is -0.585. The van der Waals surface area contributed by atoms with Crippen molar-refractivity contribution >= 4 is 47.3 Å². The van der Waals surface area contributed by atoms with Crippen molar-refractivity contribution in [1.29, 1.82) is 0 Å². The second-order valence-corrected chi connectivity index (χ2v) is 8.25. The van der Waals surface area contributed by atoms with Gasteiger partial charge in [-0.15, -0.1) is 11.6 Å². The van der Waals surface area contributed by atoms with E-state index in [9.17, 15) is 12.8 Å². The van der Waals surface area contributed by atoms with Crippen LogP contribution in [0.15, 0.2) is 45.8 Å². The van der Waals surface area contributed by atoms with Gasteiger partial charge in [-0.25, -0.2) is 12.8 Å². The van der Waals surface area contributed by atoms with Crippen molar-refractivity contribution in [2.45, 2.75) is 17.2 Å². The van der Waals surface area contributed by atoms with E-state index in [0.29, 0.717) is 15.6 Å². The summed E-state index contributed by atoms with van der Waals surface area (Å²) in [6, 6.07) is 9.99. The van der Waals surface area contributed by atoms with Gasteiger partial charge in [-0.05, 0) is 24.1 Å². The lowest BCUT2D eigenvalue weighted by molar-refractivity contribution is 0.564. The fraction of sp³-hybridized carbons (Fsp3) is 0.143. The lowest BCUT2D eigenvalue weighted by Crippen LogP contribution is -2.06. The maximum absolute atomic E-state index is 14.6. The predicted molar refractivity (Wildman–Crippen MR) is 86.0 cm³/mol. The molecule has 0 bridgehead atoms. The minimum absolute atomic E-state index is 0.0940. The van der Waals surface area contributed by atoms with Gasteiger partial charge in [0.15, 0.2) is 0 Å². The van der Waals surface area contributed by atoms with Crippen LogP contribution < -0.4 is 0 Å². The number of rotatable bonds is 3. The summed E-state index contributed by atoms with van der Waals surface area (Å²) < 4.78 is 38.0. The second kappa shape index (κ2) is 6.24. The molecule has 0 fully saturated rings. The minimum Gasteiger partial charge on any atom is -0.207 e. The average Bonchev–Trinajstić information content (AvgIpc) is 2.42. The van der Waals surface area contributed by atoms with Crippen LogP contribution in [0.3, 0.4) is 0 Å². The molecule has 1 atom stereocenters. The number of hydrogen-bond acceptors (Lipinski definition) is 2. The predicted octanol–water partition coefficient (Wildman–Crippen LogP) is 5.15. The third-order valence-electron chi connectivity index (χ3n) is 3.08. The highest BCUT2D eigenvalue weighted by atomic mass is 79.9. The molecule has 1 unspecified atom stereocenters. The van der Waals surface area contributed by atoms with Gasteiger partial charge in [-0.1, -0.05) is 46.3 Å².